The highest BCUT2D eigenvalue weighted by Gasteiger charge is 2.22. The van der Waals surface area contributed by atoms with Crippen molar-refractivity contribution in [2.24, 2.45) is 5.92 Å². The molecule has 2 N–H and O–H groups in total. The summed E-state index contributed by atoms with van der Waals surface area (Å²) < 4.78 is 0. The fourth-order valence-corrected chi connectivity index (χ4v) is 2.26. The minimum absolute atomic E-state index is 0. The molecule has 4 nitrogen and oxygen atoms in total. The van der Waals surface area contributed by atoms with Crippen molar-refractivity contribution in [1.29, 1.82) is 0 Å². The highest BCUT2D eigenvalue weighted by molar-refractivity contribution is 5.94. The van der Waals surface area contributed by atoms with Gasteiger partial charge in [0.05, 0.1) is 6.10 Å². The second-order valence-electron chi connectivity index (χ2n) is 5.23. The van der Waals surface area contributed by atoms with Gasteiger partial charge in [-0.15, -0.1) is 0 Å². The van der Waals surface area contributed by atoms with Gasteiger partial charge in [0.15, 0.2) is 5.78 Å². The molecule has 2 unspecified atom stereocenters. The number of hydrogen-bond acceptors (Lipinski definition) is 4. The molecular weight excluding hydrogens is 256 g/mol. The number of carbonyl (C=O) groups excluding carboxylic acids is 2. The Morgan fingerprint density at radius 1 is 1.25 bits per heavy atom. The molecule has 0 spiro atoms. The van der Waals surface area contributed by atoms with Crippen LogP contribution in [0.2, 0.25) is 0 Å². The maximum Gasteiger partial charge on any atom is 0.159 e. The normalized spacial score (nSPS) is 21.6. The Labute approximate surface area is 120 Å². The number of carbonyl (C=O) groups is 2. The lowest BCUT2D eigenvalue weighted by Crippen LogP contribution is -2.23. The lowest BCUT2D eigenvalue weighted by atomic mass is 9.85. The largest absolute Gasteiger partial charge is 0.508 e. The molecule has 4 heteroatoms. The van der Waals surface area contributed by atoms with Crippen LogP contribution in [0.1, 0.15) is 51.3 Å². The zero-order valence-electron chi connectivity index (χ0n) is 12.0. The number of rotatable bonds is 2. The number of phenolic OH excluding ortho intramolecular Hbond substituents is 1. The maximum atomic E-state index is 10.8. The number of hydrogen-bond donors (Lipinski definition) is 2. The van der Waals surface area contributed by atoms with Gasteiger partial charge in [-0.05, 0) is 45.2 Å². The van der Waals surface area contributed by atoms with Crippen molar-refractivity contribution in [3.63, 3.8) is 0 Å². The van der Waals surface area contributed by atoms with Crippen molar-refractivity contribution in [3.8, 4) is 5.75 Å². The Bertz CT molecular complexity index is 473. The number of ketones is 2. The molecule has 2 atom stereocenters. The minimum Gasteiger partial charge on any atom is -0.508 e. The Kier molecular flexibility index (Phi) is 6.39. The molecule has 1 aromatic rings. The molecule has 0 heterocycles. The van der Waals surface area contributed by atoms with E-state index in [1.165, 1.54) is 19.1 Å². The van der Waals surface area contributed by atoms with Crippen LogP contribution in [-0.4, -0.2) is 27.9 Å². The van der Waals surface area contributed by atoms with Gasteiger partial charge in [0.1, 0.15) is 11.5 Å². The first-order chi connectivity index (χ1) is 9.40. The third-order valence-corrected chi connectivity index (χ3v) is 3.47. The van der Waals surface area contributed by atoms with Gasteiger partial charge >= 0.3 is 0 Å². The van der Waals surface area contributed by atoms with Crippen LogP contribution in [0.15, 0.2) is 24.3 Å². The van der Waals surface area contributed by atoms with E-state index in [9.17, 15) is 14.7 Å². The molecule has 0 radical (unpaired) electrons. The Morgan fingerprint density at radius 2 is 1.95 bits per heavy atom. The molecule has 1 aliphatic rings. The van der Waals surface area contributed by atoms with E-state index in [1.54, 1.807) is 19.1 Å². The highest BCUT2D eigenvalue weighted by atomic mass is 16.3. The summed E-state index contributed by atoms with van der Waals surface area (Å²) in [6, 6.07) is 6.29. The van der Waals surface area contributed by atoms with E-state index < -0.39 is 0 Å². The van der Waals surface area contributed by atoms with Crippen molar-refractivity contribution < 1.29 is 21.2 Å². The number of aromatic hydroxyl groups is 1. The molecule has 0 saturated heterocycles. The summed E-state index contributed by atoms with van der Waals surface area (Å²) >= 11 is 0. The topological polar surface area (TPSA) is 74.6 Å². The molecular formula is C16H24O4. The molecule has 1 fully saturated rings. The Balaban J connectivity index is 0.000000364. The average molecular weight is 280 g/mol. The average Bonchev–Trinajstić information content (AvgIpc) is 2.39. The van der Waals surface area contributed by atoms with Crippen LogP contribution in [0.5, 0.6) is 5.75 Å². The van der Waals surface area contributed by atoms with Crippen LogP contribution in [0.25, 0.3) is 0 Å². The predicted octanol–water partition coefficient (Wildman–Crippen LogP) is 2.97. The zero-order valence-corrected chi connectivity index (χ0v) is 12.0. The summed E-state index contributed by atoms with van der Waals surface area (Å²) in [4.78, 5) is 21.5. The smallest absolute Gasteiger partial charge is 0.159 e. The summed E-state index contributed by atoms with van der Waals surface area (Å²) in [6.45, 7) is 3.08. The Morgan fingerprint density at radius 3 is 2.35 bits per heavy atom. The van der Waals surface area contributed by atoms with Gasteiger partial charge in [-0.1, -0.05) is 18.6 Å². The molecule has 1 aromatic carbocycles. The first-order valence-corrected chi connectivity index (χ1v) is 6.88. The molecule has 20 heavy (non-hydrogen) atoms. The quantitative estimate of drug-likeness (QED) is 0.817. The monoisotopic (exact) mass is 280 g/mol. The van der Waals surface area contributed by atoms with Crippen LogP contribution in [0.3, 0.4) is 0 Å². The number of benzene rings is 1. The summed E-state index contributed by atoms with van der Waals surface area (Å²) in [5.74, 6) is 0.478. The van der Waals surface area contributed by atoms with E-state index in [0.717, 1.165) is 19.3 Å². The number of phenols is 1. The van der Waals surface area contributed by atoms with Gasteiger partial charge in [0, 0.05) is 12.9 Å². The van der Waals surface area contributed by atoms with Gasteiger partial charge in [-0.2, -0.15) is 0 Å². The SMILES string of the molecule is CC(=O)C1CCCC(O)C1.CC(=O)c1cccc(O)c1.[HH]. The van der Waals surface area contributed by atoms with Crippen molar-refractivity contribution >= 4 is 11.6 Å². The zero-order chi connectivity index (χ0) is 15.1. The predicted molar refractivity (Wildman–Crippen MR) is 78.9 cm³/mol. The maximum absolute atomic E-state index is 10.8. The fourth-order valence-electron chi connectivity index (χ4n) is 2.26. The number of aliphatic hydroxyl groups excluding tert-OH is 1. The van der Waals surface area contributed by atoms with Crippen LogP contribution >= 0.6 is 0 Å². The lowest BCUT2D eigenvalue weighted by Gasteiger charge is -2.23. The van der Waals surface area contributed by atoms with Crippen molar-refractivity contribution in [2.75, 3.05) is 0 Å². The van der Waals surface area contributed by atoms with E-state index in [1.807, 2.05) is 0 Å². The van der Waals surface area contributed by atoms with E-state index in [4.69, 9.17) is 5.11 Å². The van der Waals surface area contributed by atoms with E-state index >= 15 is 0 Å². The summed E-state index contributed by atoms with van der Waals surface area (Å²) in [5.41, 5.74) is 0.542. The Hall–Kier alpha value is -1.68. The molecule has 0 aromatic heterocycles. The third kappa shape index (κ3) is 5.53. The van der Waals surface area contributed by atoms with Gasteiger partial charge < -0.3 is 10.2 Å². The number of Topliss-reactive ketones (excluding diaryl/α,β-unsaturated/α-hetero) is 2. The van der Waals surface area contributed by atoms with Crippen LogP contribution in [0, 0.1) is 5.92 Å². The molecule has 2 rings (SSSR count). The summed E-state index contributed by atoms with van der Waals surface area (Å²) in [6.07, 6.45) is 3.33. The van der Waals surface area contributed by atoms with Crippen LogP contribution < -0.4 is 0 Å². The highest BCUT2D eigenvalue weighted by Crippen LogP contribution is 2.24. The molecule has 1 aliphatic carbocycles. The van der Waals surface area contributed by atoms with E-state index in [-0.39, 0.29) is 30.8 Å². The van der Waals surface area contributed by atoms with Crippen molar-refractivity contribution in [2.45, 2.75) is 45.6 Å². The van der Waals surface area contributed by atoms with Gasteiger partial charge in [-0.3, -0.25) is 9.59 Å². The summed E-state index contributed by atoms with van der Waals surface area (Å²) in [5, 5.41) is 18.1. The second-order valence-corrected chi connectivity index (χ2v) is 5.23. The molecule has 112 valence electrons. The van der Waals surface area contributed by atoms with Gasteiger partial charge in [0.2, 0.25) is 0 Å². The summed E-state index contributed by atoms with van der Waals surface area (Å²) in [7, 11) is 0. The second kappa shape index (κ2) is 7.80. The third-order valence-electron chi connectivity index (χ3n) is 3.47. The van der Waals surface area contributed by atoms with E-state index in [2.05, 4.69) is 0 Å². The number of aliphatic hydroxyl groups is 1. The first-order valence-electron chi connectivity index (χ1n) is 6.88. The van der Waals surface area contributed by atoms with Gasteiger partial charge in [0.25, 0.3) is 0 Å². The van der Waals surface area contributed by atoms with Crippen LogP contribution in [-0.2, 0) is 4.79 Å². The molecule has 0 aliphatic heterocycles. The van der Waals surface area contributed by atoms with Crippen molar-refractivity contribution in [1.82, 2.24) is 0 Å². The fraction of sp³-hybridized carbons (Fsp3) is 0.500. The van der Waals surface area contributed by atoms with E-state index in [0.29, 0.717) is 12.0 Å². The van der Waals surface area contributed by atoms with Gasteiger partial charge in [-0.25, -0.2) is 0 Å². The first kappa shape index (κ1) is 16.4. The van der Waals surface area contributed by atoms with Crippen LogP contribution in [0.4, 0.5) is 0 Å². The minimum atomic E-state index is -0.220. The standard InChI is InChI=1S/C8H14O2.C8H8O2.H2/c2*1-6(9)7-3-2-4-8(10)5-7;/h7-8,10H,2-5H2,1H3;2-5,10H,1H3;1H. The molecule has 0 bridgehead atoms. The lowest BCUT2D eigenvalue weighted by molar-refractivity contribution is -0.122. The molecule has 1 saturated carbocycles. The molecule has 0 amide bonds. The van der Waals surface area contributed by atoms with Crippen molar-refractivity contribution in [3.05, 3.63) is 29.8 Å².